The zero-order valence-corrected chi connectivity index (χ0v) is 8.81. The number of hydrogen-bond acceptors (Lipinski definition) is 3. The molecule has 2 heterocycles. The summed E-state index contributed by atoms with van der Waals surface area (Å²) < 4.78 is 6.90. The van der Waals surface area contributed by atoms with E-state index in [4.69, 9.17) is 10.2 Å². The summed E-state index contributed by atoms with van der Waals surface area (Å²) in [6, 6.07) is 1.86. The van der Waals surface area contributed by atoms with Gasteiger partial charge in [0.05, 0.1) is 18.2 Å². The molecule has 0 aliphatic rings. The number of anilines is 1. The Kier molecular flexibility index (Phi) is 2.76. The standard InChI is InChI=1S/C11H15N3O/c1-2-3-5-14-7-10(12)11(13-14)9-4-6-15-8-9/h4,6-8H,2-3,5,12H2,1H3. The van der Waals surface area contributed by atoms with Gasteiger partial charge in [0, 0.05) is 18.3 Å². The fourth-order valence-electron chi connectivity index (χ4n) is 1.50. The molecule has 2 aromatic heterocycles. The van der Waals surface area contributed by atoms with E-state index < -0.39 is 0 Å². The van der Waals surface area contributed by atoms with Crippen molar-refractivity contribution in [2.24, 2.45) is 0 Å². The number of aromatic nitrogens is 2. The van der Waals surface area contributed by atoms with Gasteiger partial charge >= 0.3 is 0 Å². The normalized spacial score (nSPS) is 10.7. The van der Waals surface area contributed by atoms with Gasteiger partial charge in [0.2, 0.25) is 0 Å². The molecule has 2 N–H and O–H groups in total. The Morgan fingerprint density at radius 2 is 2.40 bits per heavy atom. The van der Waals surface area contributed by atoms with Crippen molar-refractivity contribution >= 4 is 5.69 Å². The molecule has 0 aliphatic heterocycles. The molecule has 2 aromatic rings. The van der Waals surface area contributed by atoms with E-state index in [1.54, 1.807) is 12.5 Å². The molecule has 0 amide bonds. The summed E-state index contributed by atoms with van der Waals surface area (Å²) in [5.41, 5.74) is 8.32. The zero-order valence-electron chi connectivity index (χ0n) is 8.81. The summed E-state index contributed by atoms with van der Waals surface area (Å²) >= 11 is 0. The van der Waals surface area contributed by atoms with Gasteiger partial charge in [-0.05, 0) is 12.5 Å². The van der Waals surface area contributed by atoms with Gasteiger partial charge in [-0.3, -0.25) is 4.68 Å². The van der Waals surface area contributed by atoms with Crippen LogP contribution in [0.3, 0.4) is 0 Å². The average Bonchev–Trinajstić information content (AvgIpc) is 2.83. The van der Waals surface area contributed by atoms with Crippen molar-refractivity contribution < 1.29 is 4.42 Å². The second-order valence-corrected chi connectivity index (χ2v) is 3.56. The van der Waals surface area contributed by atoms with Crippen molar-refractivity contribution in [1.29, 1.82) is 0 Å². The maximum atomic E-state index is 5.88. The molecule has 0 fully saturated rings. The summed E-state index contributed by atoms with van der Waals surface area (Å²) in [4.78, 5) is 0. The van der Waals surface area contributed by atoms with Crippen LogP contribution in [-0.4, -0.2) is 9.78 Å². The molecule has 15 heavy (non-hydrogen) atoms. The van der Waals surface area contributed by atoms with E-state index in [0.29, 0.717) is 5.69 Å². The minimum atomic E-state index is 0.701. The molecule has 4 nitrogen and oxygen atoms in total. The first-order chi connectivity index (χ1) is 7.31. The Bertz CT molecular complexity index is 417. The number of unbranched alkanes of at least 4 members (excludes halogenated alkanes) is 1. The number of nitrogen functional groups attached to an aromatic ring is 1. The number of aryl methyl sites for hydroxylation is 1. The summed E-state index contributed by atoms with van der Waals surface area (Å²) in [5.74, 6) is 0. The molecular formula is C11H15N3O. The lowest BCUT2D eigenvalue weighted by Gasteiger charge is -1.97. The molecule has 0 aliphatic carbocycles. The van der Waals surface area contributed by atoms with Crippen LogP contribution in [0.1, 0.15) is 19.8 Å². The Hall–Kier alpha value is -1.71. The largest absolute Gasteiger partial charge is 0.472 e. The first-order valence-electron chi connectivity index (χ1n) is 5.16. The van der Waals surface area contributed by atoms with Crippen LogP contribution in [0.4, 0.5) is 5.69 Å². The van der Waals surface area contributed by atoms with E-state index in [9.17, 15) is 0 Å². The molecule has 4 heteroatoms. The van der Waals surface area contributed by atoms with Gasteiger partial charge in [-0.1, -0.05) is 13.3 Å². The lowest BCUT2D eigenvalue weighted by Crippen LogP contribution is -1.97. The fourth-order valence-corrected chi connectivity index (χ4v) is 1.50. The maximum Gasteiger partial charge on any atom is 0.118 e. The van der Waals surface area contributed by atoms with Crippen molar-refractivity contribution in [3.63, 3.8) is 0 Å². The molecule has 0 spiro atoms. The van der Waals surface area contributed by atoms with E-state index in [1.807, 2.05) is 16.9 Å². The van der Waals surface area contributed by atoms with Crippen LogP contribution in [0.2, 0.25) is 0 Å². The molecule has 0 saturated carbocycles. The molecule has 0 saturated heterocycles. The molecule has 0 aromatic carbocycles. The van der Waals surface area contributed by atoms with E-state index in [1.165, 1.54) is 0 Å². The maximum absolute atomic E-state index is 5.88. The molecule has 0 unspecified atom stereocenters. The van der Waals surface area contributed by atoms with Crippen LogP contribution >= 0.6 is 0 Å². The fraction of sp³-hybridized carbons (Fsp3) is 0.364. The Morgan fingerprint density at radius 1 is 1.53 bits per heavy atom. The summed E-state index contributed by atoms with van der Waals surface area (Å²) in [6.45, 7) is 3.07. The summed E-state index contributed by atoms with van der Waals surface area (Å²) in [7, 11) is 0. The molecule has 0 radical (unpaired) electrons. The van der Waals surface area contributed by atoms with Gasteiger partial charge in [-0.15, -0.1) is 0 Å². The van der Waals surface area contributed by atoms with E-state index in [-0.39, 0.29) is 0 Å². The molecule has 80 valence electrons. The van der Waals surface area contributed by atoms with Crippen LogP contribution in [0.25, 0.3) is 11.3 Å². The Balaban J connectivity index is 2.22. The van der Waals surface area contributed by atoms with E-state index in [0.717, 1.165) is 30.6 Å². The van der Waals surface area contributed by atoms with Crippen LogP contribution in [-0.2, 0) is 6.54 Å². The Labute approximate surface area is 88.7 Å². The molecular weight excluding hydrogens is 190 g/mol. The minimum absolute atomic E-state index is 0.701. The highest BCUT2D eigenvalue weighted by atomic mass is 16.3. The van der Waals surface area contributed by atoms with Gasteiger partial charge in [0.15, 0.2) is 0 Å². The van der Waals surface area contributed by atoms with Crippen LogP contribution in [0, 0.1) is 0 Å². The highest BCUT2D eigenvalue weighted by Crippen LogP contribution is 2.24. The van der Waals surface area contributed by atoms with Crippen molar-refractivity contribution in [2.45, 2.75) is 26.3 Å². The van der Waals surface area contributed by atoms with E-state index >= 15 is 0 Å². The number of nitrogens with zero attached hydrogens (tertiary/aromatic N) is 2. The number of nitrogens with two attached hydrogens (primary N) is 1. The van der Waals surface area contributed by atoms with Crippen molar-refractivity contribution in [3.05, 3.63) is 24.8 Å². The highest BCUT2D eigenvalue weighted by Gasteiger charge is 2.08. The molecule has 0 bridgehead atoms. The smallest absolute Gasteiger partial charge is 0.118 e. The van der Waals surface area contributed by atoms with Crippen molar-refractivity contribution in [2.75, 3.05) is 5.73 Å². The van der Waals surface area contributed by atoms with Gasteiger partial charge < -0.3 is 10.2 Å². The molecule has 2 rings (SSSR count). The predicted octanol–water partition coefficient (Wildman–Crippen LogP) is 2.53. The SMILES string of the molecule is CCCCn1cc(N)c(-c2ccoc2)n1. The van der Waals surface area contributed by atoms with Gasteiger partial charge in [-0.25, -0.2) is 0 Å². The van der Waals surface area contributed by atoms with Crippen LogP contribution in [0.15, 0.2) is 29.2 Å². The second kappa shape index (κ2) is 4.21. The monoisotopic (exact) mass is 205 g/mol. The highest BCUT2D eigenvalue weighted by molar-refractivity contribution is 5.70. The molecule has 0 atom stereocenters. The van der Waals surface area contributed by atoms with E-state index in [2.05, 4.69) is 12.0 Å². The topological polar surface area (TPSA) is 57.0 Å². The van der Waals surface area contributed by atoms with Gasteiger partial charge in [-0.2, -0.15) is 5.10 Å². The quantitative estimate of drug-likeness (QED) is 0.834. The minimum Gasteiger partial charge on any atom is -0.472 e. The van der Waals surface area contributed by atoms with Gasteiger partial charge in [0.25, 0.3) is 0 Å². The van der Waals surface area contributed by atoms with Crippen LogP contribution < -0.4 is 5.73 Å². The number of rotatable bonds is 4. The second-order valence-electron chi connectivity index (χ2n) is 3.56. The van der Waals surface area contributed by atoms with Crippen molar-refractivity contribution in [1.82, 2.24) is 9.78 Å². The first-order valence-corrected chi connectivity index (χ1v) is 5.16. The third kappa shape index (κ3) is 2.03. The number of furan rings is 1. The summed E-state index contributed by atoms with van der Waals surface area (Å²) in [6.07, 6.45) is 7.42. The first kappa shape index (κ1) is 9.83. The number of hydrogen-bond donors (Lipinski definition) is 1. The van der Waals surface area contributed by atoms with Crippen LogP contribution in [0.5, 0.6) is 0 Å². The van der Waals surface area contributed by atoms with Gasteiger partial charge in [0.1, 0.15) is 5.69 Å². The Morgan fingerprint density at radius 3 is 3.07 bits per heavy atom. The average molecular weight is 205 g/mol. The third-order valence-electron chi connectivity index (χ3n) is 2.33. The zero-order chi connectivity index (χ0) is 10.7. The summed E-state index contributed by atoms with van der Waals surface area (Å²) in [5, 5.41) is 4.42. The lowest BCUT2D eigenvalue weighted by molar-refractivity contribution is 0.566. The lowest BCUT2D eigenvalue weighted by atomic mass is 10.2. The predicted molar refractivity (Wildman–Crippen MR) is 59.2 cm³/mol. The third-order valence-corrected chi connectivity index (χ3v) is 2.33. The van der Waals surface area contributed by atoms with Crippen molar-refractivity contribution in [3.8, 4) is 11.3 Å².